The van der Waals surface area contributed by atoms with E-state index in [0.717, 1.165) is 18.6 Å². The number of carbonyl (C=O) groups is 1. The molecular weight excluding hydrogens is 228 g/mol. The minimum Gasteiger partial charge on any atom is -0.492 e. The molecule has 0 heterocycles. The second-order valence-electron chi connectivity index (χ2n) is 4.68. The zero-order valence-corrected chi connectivity index (χ0v) is 10.8. The number of hydrogen-bond donors (Lipinski definition) is 1. The third-order valence-electron chi connectivity index (χ3n) is 3.10. The Hall–Kier alpha value is -1.55. The first-order valence-electron chi connectivity index (χ1n) is 6.39. The predicted octanol–water partition coefficient (Wildman–Crippen LogP) is 1.32. The second kappa shape index (κ2) is 5.87. The van der Waals surface area contributed by atoms with Crippen LogP contribution in [0, 0.1) is 6.92 Å². The highest BCUT2D eigenvalue weighted by Gasteiger charge is 2.31. The van der Waals surface area contributed by atoms with E-state index in [1.165, 1.54) is 5.56 Å². The number of nitrogens with zero attached hydrogens (tertiary/aromatic N) is 1. The van der Waals surface area contributed by atoms with E-state index in [4.69, 9.17) is 10.5 Å². The molecule has 4 heteroatoms. The van der Waals surface area contributed by atoms with Gasteiger partial charge in [-0.05, 0) is 31.9 Å². The Labute approximate surface area is 108 Å². The molecule has 0 spiro atoms. The van der Waals surface area contributed by atoms with Crippen LogP contribution in [0.1, 0.15) is 18.4 Å². The molecule has 1 aliphatic carbocycles. The normalized spacial score (nSPS) is 14.3. The number of aryl methyl sites for hydroxylation is 1. The molecule has 0 bridgehead atoms. The van der Waals surface area contributed by atoms with Gasteiger partial charge < -0.3 is 15.4 Å². The number of rotatable bonds is 6. The van der Waals surface area contributed by atoms with Crippen LogP contribution >= 0.6 is 0 Å². The van der Waals surface area contributed by atoms with Crippen LogP contribution in [0.3, 0.4) is 0 Å². The molecule has 0 unspecified atom stereocenters. The van der Waals surface area contributed by atoms with Gasteiger partial charge in [0.05, 0.1) is 13.1 Å². The SMILES string of the molecule is Cc1ccc(OCCN(C(=O)CN)C2CC2)cc1. The fourth-order valence-electron chi connectivity index (χ4n) is 1.91. The van der Waals surface area contributed by atoms with E-state index in [1.54, 1.807) is 0 Å². The standard InChI is InChI=1S/C14H20N2O2/c1-11-2-6-13(7-3-11)18-9-8-16(12-4-5-12)14(17)10-15/h2-3,6-7,12H,4-5,8-10,15H2,1H3. The summed E-state index contributed by atoms with van der Waals surface area (Å²) in [6.07, 6.45) is 2.19. The fourth-order valence-corrected chi connectivity index (χ4v) is 1.91. The summed E-state index contributed by atoms with van der Waals surface area (Å²) in [6, 6.07) is 8.31. The zero-order chi connectivity index (χ0) is 13.0. The lowest BCUT2D eigenvalue weighted by Crippen LogP contribution is -2.40. The van der Waals surface area contributed by atoms with Gasteiger partial charge in [-0.2, -0.15) is 0 Å². The molecular formula is C14H20N2O2. The van der Waals surface area contributed by atoms with Gasteiger partial charge in [0.1, 0.15) is 12.4 Å². The maximum atomic E-state index is 11.6. The van der Waals surface area contributed by atoms with Gasteiger partial charge in [-0.15, -0.1) is 0 Å². The van der Waals surface area contributed by atoms with E-state index in [9.17, 15) is 4.79 Å². The van der Waals surface area contributed by atoms with Gasteiger partial charge in [0.2, 0.25) is 5.91 Å². The van der Waals surface area contributed by atoms with Crippen LogP contribution in [-0.2, 0) is 4.79 Å². The number of amides is 1. The first-order valence-corrected chi connectivity index (χ1v) is 6.39. The van der Waals surface area contributed by atoms with Crippen molar-refractivity contribution in [2.45, 2.75) is 25.8 Å². The summed E-state index contributed by atoms with van der Waals surface area (Å²) in [7, 11) is 0. The van der Waals surface area contributed by atoms with Crippen molar-refractivity contribution in [3.05, 3.63) is 29.8 Å². The second-order valence-corrected chi connectivity index (χ2v) is 4.68. The van der Waals surface area contributed by atoms with Crippen molar-refractivity contribution in [3.8, 4) is 5.75 Å². The van der Waals surface area contributed by atoms with E-state index >= 15 is 0 Å². The van der Waals surface area contributed by atoms with Crippen LogP contribution in [0.2, 0.25) is 0 Å². The highest BCUT2D eigenvalue weighted by atomic mass is 16.5. The van der Waals surface area contributed by atoms with Crippen LogP contribution < -0.4 is 10.5 Å². The van der Waals surface area contributed by atoms with Gasteiger partial charge in [0.25, 0.3) is 0 Å². The molecule has 0 aliphatic heterocycles. The lowest BCUT2D eigenvalue weighted by Gasteiger charge is -2.21. The summed E-state index contributed by atoms with van der Waals surface area (Å²) in [6.45, 7) is 3.26. The van der Waals surface area contributed by atoms with Gasteiger partial charge in [0, 0.05) is 6.04 Å². The Morgan fingerprint density at radius 3 is 2.61 bits per heavy atom. The van der Waals surface area contributed by atoms with Crippen LogP contribution in [0.25, 0.3) is 0 Å². The molecule has 1 aromatic rings. The Morgan fingerprint density at radius 1 is 1.39 bits per heavy atom. The van der Waals surface area contributed by atoms with Gasteiger partial charge in [0.15, 0.2) is 0 Å². The monoisotopic (exact) mass is 248 g/mol. The molecule has 98 valence electrons. The zero-order valence-electron chi connectivity index (χ0n) is 10.8. The molecule has 1 aromatic carbocycles. The number of hydrogen-bond acceptors (Lipinski definition) is 3. The minimum atomic E-state index is 0.0185. The van der Waals surface area contributed by atoms with Gasteiger partial charge in [-0.3, -0.25) is 4.79 Å². The summed E-state index contributed by atoms with van der Waals surface area (Å²) < 4.78 is 5.63. The summed E-state index contributed by atoms with van der Waals surface area (Å²) in [5, 5.41) is 0. The molecule has 18 heavy (non-hydrogen) atoms. The van der Waals surface area contributed by atoms with Crippen molar-refractivity contribution in [1.82, 2.24) is 4.90 Å². The van der Waals surface area contributed by atoms with Crippen molar-refractivity contribution < 1.29 is 9.53 Å². The van der Waals surface area contributed by atoms with Gasteiger partial charge in [-0.1, -0.05) is 17.7 Å². The average molecular weight is 248 g/mol. The van der Waals surface area contributed by atoms with Crippen molar-refractivity contribution >= 4 is 5.91 Å². The van der Waals surface area contributed by atoms with E-state index in [-0.39, 0.29) is 12.5 Å². The van der Waals surface area contributed by atoms with E-state index in [1.807, 2.05) is 36.1 Å². The minimum absolute atomic E-state index is 0.0185. The third-order valence-corrected chi connectivity index (χ3v) is 3.10. The molecule has 0 saturated heterocycles. The summed E-state index contributed by atoms with van der Waals surface area (Å²) in [5.74, 6) is 0.863. The Morgan fingerprint density at radius 2 is 2.06 bits per heavy atom. The Balaban J connectivity index is 1.79. The first kappa shape index (κ1) is 12.9. The third kappa shape index (κ3) is 3.47. The maximum Gasteiger partial charge on any atom is 0.236 e. The van der Waals surface area contributed by atoms with E-state index < -0.39 is 0 Å². The smallest absolute Gasteiger partial charge is 0.236 e. The number of nitrogens with two attached hydrogens (primary N) is 1. The summed E-state index contributed by atoms with van der Waals surface area (Å²) in [4.78, 5) is 13.5. The van der Waals surface area contributed by atoms with Crippen LogP contribution in [0.4, 0.5) is 0 Å². The number of ether oxygens (including phenoxy) is 1. The average Bonchev–Trinajstić information content (AvgIpc) is 3.20. The van der Waals surface area contributed by atoms with Crippen molar-refractivity contribution in [3.63, 3.8) is 0 Å². The molecule has 4 nitrogen and oxygen atoms in total. The molecule has 1 fully saturated rings. The van der Waals surface area contributed by atoms with Crippen LogP contribution in [-0.4, -0.2) is 36.5 Å². The highest BCUT2D eigenvalue weighted by Crippen LogP contribution is 2.26. The molecule has 1 amide bonds. The summed E-state index contributed by atoms with van der Waals surface area (Å²) >= 11 is 0. The molecule has 0 aromatic heterocycles. The van der Waals surface area contributed by atoms with E-state index in [2.05, 4.69) is 0 Å². The first-order chi connectivity index (χ1) is 8.70. The van der Waals surface area contributed by atoms with Gasteiger partial charge in [-0.25, -0.2) is 0 Å². The van der Waals surface area contributed by atoms with Crippen molar-refractivity contribution in [2.75, 3.05) is 19.7 Å². The fraction of sp³-hybridized carbons (Fsp3) is 0.500. The largest absolute Gasteiger partial charge is 0.492 e. The quantitative estimate of drug-likeness (QED) is 0.826. The topological polar surface area (TPSA) is 55.6 Å². The number of benzene rings is 1. The maximum absolute atomic E-state index is 11.6. The lowest BCUT2D eigenvalue weighted by atomic mass is 10.2. The number of carbonyl (C=O) groups excluding carboxylic acids is 1. The molecule has 2 rings (SSSR count). The lowest BCUT2D eigenvalue weighted by molar-refractivity contribution is -0.130. The molecule has 0 radical (unpaired) electrons. The molecule has 1 saturated carbocycles. The molecule has 2 N–H and O–H groups in total. The Bertz CT molecular complexity index is 399. The predicted molar refractivity (Wildman–Crippen MR) is 70.5 cm³/mol. The van der Waals surface area contributed by atoms with Crippen molar-refractivity contribution in [2.24, 2.45) is 5.73 Å². The van der Waals surface area contributed by atoms with Crippen LogP contribution in [0.15, 0.2) is 24.3 Å². The summed E-state index contributed by atoms with van der Waals surface area (Å²) in [5.41, 5.74) is 6.61. The van der Waals surface area contributed by atoms with Crippen LogP contribution in [0.5, 0.6) is 5.75 Å². The van der Waals surface area contributed by atoms with Crippen molar-refractivity contribution in [1.29, 1.82) is 0 Å². The molecule has 0 atom stereocenters. The highest BCUT2D eigenvalue weighted by molar-refractivity contribution is 5.78. The molecule has 1 aliphatic rings. The van der Waals surface area contributed by atoms with E-state index in [0.29, 0.717) is 19.2 Å². The van der Waals surface area contributed by atoms with Gasteiger partial charge >= 0.3 is 0 Å². The Kier molecular flexibility index (Phi) is 4.20.